The lowest BCUT2D eigenvalue weighted by Gasteiger charge is -2.15. The van der Waals surface area contributed by atoms with Gasteiger partial charge in [0.2, 0.25) is 0 Å². The third-order valence-electron chi connectivity index (χ3n) is 3.24. The van der Waals surface area contributed by atoms with Gasteiger partial charge in [-0.05, 0) is 30.7 Å². The van der Waals surface area contributed by atoms with Crippen LogP contribution in [-0.4, -0.2) is 17.6 Å². The number of thiazole rings is 1. The van der Waals surface area contributed by atoms with E-state index >= 15 is 0 Å². The first-order valence-electron chi connectivity index (χ1n) is 6.30. The predicted octanol–water partition coefficient (Wildman–Crippen LogP) is 3.45. The molecule has 5 heteroatoms. The van der Waals surface area contributed by atoms with E-state index in [9.17, 15) is 0 Å². The van der Waals surface area contributed by atoms with Gasteiger partial charge in [-0.1, -0.05) is 11.6 Å². The summed E-state index contributed by atoms with van der Waals surface area (Å²) in [4.78, 5) is 4.31. The van der Waals surface area contributed by atoms with Gasteiger partial charge in [0.1, 0.15) is 16.9 Å². The third-order valence-corrected chi connectivity index (χ3v) is 4.43. The normalized spacial score (nSPS) is 18.9. The minimum Gasteiger partial charge on any atom is -0.488 e. The second-order valence-electron chi connectivity index (χ2n) is 4.70. The largest absolute Gasteiger partial charge is 0.488 e. The van der Waals surface area contributed by atoms with Crippen LogP contribution in [-0.2, 0) is 6.42 Å². The molecule has 0 saturated carbocycles. The van der Waals surface area contributed by atoms with Crippen LogP contribution in [0.25, 0.3) is 0 Å². The van der Waals surface area contributed by atoms with E-state index in [4.69, 9.17) is 16.3 Å². The summed E-state index contributed by atoms with van der Waals surface area (Å²) in [7, 11) is 0. The van der Waals surface area contributed by atoms with Crippen LogP contribution in [0.4, 0.5) is 0 Å². The molecule has 0 amide bonds. The van der Waals surface area contributed by atoms with E-state index in [2.05, 4.69) is 17.2 Å². The molecule has 1 aliphatic heterocycles. The molecule has 0 aliphatic carbocycles. The van der Waals surface area contributed by atoms with Gasteiger partial charge in [0.15, 0.2) is 0 Å². The van der Waals surface area contributed by atoms with Gasteiger partial charge in [0.05, 0.1) is 6.04 Å². The number of nitrogens with zero attached hydrogens (tertiary/aromatic N) is 1. The fourth-order valence-corrected chi connectivity index (χ4v) is 3.11. The highest BCUT2D eigenvalue weighted by molar-refractivity contribution is 7.09. The van der Waals surface area contributed by atoms with E-state index in [0.717, 1.165) is 28.7 Å². The van der Waals surface area contributed by atoms with Crippen molar-refractivity contribution >= 4 is 22.9 Å². The Kier molecular flexibility index (Phi) is 3.73. The molecule has 0 spiro atoms. The highest BCUT2D eigenvalue weighted by Gasteiger charge is 2.23. The van der Waals surface area contributed by atoms with Crippen molar-refractivity contribution in [1.82, 2.24) is 10.3 Å². The van der Waals surface area contributed by atoms with E-state index in [1.54, 1.807) is 11.3 Å². The lowest BCUT2D eigenvalue weighted by molar-refractivity contribution is 0.222. The second-order valence-corrected chi connectivity index (χ2v) is 6.06. The Morgan fingerprint density at radius 2 is 2.47 bits per heavy atom. The van der Waals surface area contributed by atoms with Crippen LogP contribution in [0.2, 0.25) is 5.02 Å². The molecule has 0 radical (unpaired) electrons. The summed E-state index contributed by atoms with van der Waals surface area (Å²) < 4.78 is 5.89. The SMILES string of the molecule is CC(NCC1Cc2cc(Cl)ccc2O1)c1nccs1. The number of hydrogen-bond acceptors (Lipinski definition) is 4. The van der Waals surface area contributed by atoms with E-state index in [-0.39, 0.29) is 12.1 Å². The summed E-state index contributed by atoms with van der Waals surface area (Å²) >= 11 is 7.66. The summed E-state index contributed by atoms with van der Waals surface area (Å²) in [5, 5.41) is 7.34. The molecule has 0 fully saturated rings. The average molecular weight is 295 g/mol. The van der Waals surface area contributed by atoms with Crippen LogP contribution in [0, 0.1) is 0 Å². The monoisotopic (exact) mass is 294 g/mol. The van der Waals surface area contributed by atoms with Gasteiger partial charge >= 0.3 is 0 Å². The lowest BCUT2D eigenvalue weighted by atomic mass is 10.1. The number of halogens is 1. The first-order chi connectivity index (χ1) is 9.22. The Bertz CT molecular complexity index is 559. The van der Waals surface area contributed by atoms with Gasteiger partial charge in [-0.15, -0.1) is 11.3 Å². The first-order valence-corrected chi connectivity index (χ1v) is 7.56. The zero-order valence-electron chi connectivity index (χ0n) is 10.6. The number of ether oxygens (including phenoxy) is 1. The molecule has 3 rings (SSSR count). The Labute approximate surface area is 121 Å². The maximum absolute atomic E-state index is 5.99. The zero-order valence-corrected chi connectivity index (χ0v) is 12.2. The van der Waals surface area contributed by atoms with Crippen LogP contribution in [0.5, 0.6) is 5.75 Å². The minimum atomic E-state index is 0.177. The number of nitrogens with one attached hydrogen (secondary N) is 1. The summed E-state index contributed by atoms with van der Waals surface area (Å²) in [6, 6.07) is 6.06. The molecule has 3 nitrogen and oxygen atoms in total. The molecule has 0 saturated heterocycles. The number of hydrogen-bond donors (Lipinski definition) is 1. The topological polar surface area (TPSA) is 34.1 Å². The fourth-order valence-electron chi connectivity index (χ4n) is 2.25. The maximum atomic E-state index is 5.99. The van der Waals surface area contributed by atoms with Crippen LogP contribution in [0.15, 0.2) is 29.8 Å². The lowest BCUT2D eigenvalue weighted by Crippen LogP contribution is -2.31. The number of benzene rings is 1. The summed E-state index contributed by atoms with van der Waals surface area (Å²) in [5.41, 5.74) is 1.20. The van der Waals surface area contributed by atoms with Gasteiger partial charge in [-0.2, -0.15) is 0 Å². The number of rotatable bonds is 4. The van der Waals surface area contributed by atoms with Gasteiger partial charge in [0.25, 0.3) is 0 Å². The molecule has 0 bridgehead atoms. The molecule has 2 atom stereocenters. The molecule has 1 aromatic heterocycles. The Balaban J connectivity index is 1.56. The second kappa shape index (κ2) is 5.49. The van der Waals surface area contributed by atoms with Crippen LogP contribution >= 0.6 is 22.9 Å². The van der Waals surface area contributed by atoms with Gasteiger partial charge in [0, 0.05) is 29.6 Å². The van der Waals surface area contributed by atoms with Crippen LogP contribution in [0.3, 0.4) is 0 Å². The van der Waals surface area contributed by atoms with Crippen molar-refractivity contribution < 1.29 is 4.74 Å². The molecule has 1 N–H and O–H groups in total. The van der Waals surface area contributed by atoms with Gasteiger partial charge in [-0.25, -0.2) is 4.98 Å². The molecular weight excluding hydrogens is 280 g/mol. The van der Waals surface area contributed by atoms with Crippen molar-refractivity contribution in [1.29, 1.82) is 0 Å². The highest BCUT2D eigenvalue weighted by atomic mass is 35.5. The maximum Gasteiger partial charge on any atom is 0.123 e. The van der Waals surface area contributed by atoms with Crippen LogP contribution < -0.4 is 10.1 Å². The first kappa shape index (κ1) is 12.9. The van der Waals surface area contributed by atoms with E-state index < -0.39 is 0 Å². The van der Waals surface area contributed by atoms with Crippen molar-refractivity contribution in [2.24, 2.45) is 0 Å². The average Bonchev–Trinajstić information content (AvgIpc) is 3.04. The highest BCUT2D eigenvalue weighted by Crippen LogP contribution is 2.31. The van der Waals surface area contributed by atoms with E-state index in [1.165, 1.54) is 5.56 Å². The van der Waals surface area contributed by atoms with E-state index in [1.807, 2.05) is 29.8 Å². The Morgan fingerprint density at radius 1 is 1.58 bits per heavy atom. The zero-order chi connectivity index (χ0) is 13.2. The van der Waals surface area contributed by atoms with Crippen molar-refractivity contribution in [3.8, 4) is 5.75 Å². The molecule has 2 unspecified atom stereocenters. The van der Waals surface area contributed by atoms with Gasteiger partial charge < -0.3 is 10.1 Å². The third kappa shape index (κ3) is 2.91. The summed E-state index contributed by atoms with van der Waals surface area (Å²) in [6.45, 7) is 2.94. The minimum absolute atomic E-state index is 0.177. The molecule has 2 heterocycles. The molecule has 1 aromatic carbocycles. The Morgan fingerprint density at radius 3 is 3.26 bits per heavy atom. The molecule has 1 aliphatic rings. The molecular formula is C14H15ClN2OS. The van der Waals surface area contributed by atoms with Crippen molar-refractivity contribution in [3.63, 3.8) is 0 Å². The number of aromatic nitrogens is 1. The van der Waals surface area contributed by atoms with Crippen molar-refractivity contribution in [2.45, 2.75) is 25.5 Å². The molecule has 2 aromatic rings. The van der Waals surface area contributed by atoms with E-state index in [0.29, 0.717) is 0 Å². The molecule has 100 valence electrons. The van der Waals surface area contributed by atoms with Gasteiger partial charge in [-0.3, -0.25) is 0 Å². The van der Waals surface area contributed by atoms with Crippen molar-refractivity contribution in [3.05, 3.63) is 45.4 Å². The van der Waals surface area contributed by atoms with Crippen LogP contribution in [0.1, 0.15) is 23.5 Å². The fraction of sp³-hybridized carbons (Fsp3) is 0.357. The standard InChI is InChI=1S/C14H15ClN2OS/c1-9(14-16-4-5-19-14)17-8-12-7-10-6-11(15)2-3-13(10)18-12/h2-6,9,12,17H,7-8H2,1H3. The summed E-state index contributed by atoms with van der Waals surface area (Å²) in [6.07, 6.45) is 2.92. The predicted molar refractivity (Wildman–Crippen MR) is 78.1 cm³/mol. The smallest absolute Gasteiger partial charge is 0.123 e. The number of fused-ring (bicyclic) bond motifs is 1. The quantitative estimate of drug-likeness (QED) is 0.938. The Hall–Kier alpha value is -1.10. The molecule has 19 heavy (non-hydrogen) atoms. The summed E-state index contributed by atoms with van der Waals surface area (Å²) in [5.74, 6) is 0.957. The van der Waals surface area contributed by atoms with Crippen molar-refractivity contribution in [2.75, 3.05) is 6.54 Å².